The molecule has 3 aromatic heterocycles. The molecule has 0 atom stereocenters. The van der Waals surface area contributed by atoms with Crippen LogP contribution in [0.1, 0.15) is 0 Å². The third kappa shape index (κ3) is 2.00. The first kappa shape index (κ1) is 14.6. The number of nitrogens with one attached hydrogen (secondary N) is 3. The number of pyridine rings is 2. The fourth-order valence-corrected chi connectivity index (χ4v) is 3.36. The summed E-state index contributed by atoms with van der Waals surface area (Å²) in [6.45, 7) is 0. The van der Waals surface area contributed by atoms with E-state index in [0.29, 0.717) is 44.1 Å². The van der Waals surface area contributed by atoms with Gasteiger partial charge in [0.25, 0.3) is 5.56 Å². The monoisotopic (exact) mass is 346 g/mol. The molecule has 0 bridgehead atoms. The number of fused-ring (bicyclic) bond motifs is 6. The van der Waals surface area contributed by atoms with Crippen molar-refractivity contribution in [1.29, 1.82) is 0 Å². The largest absolute Gasteiger partial charge is 0.358 e. The maximum atomic E-state index is 13.8. The standard InChI is InChI=1S/C19H11FN4O2/c20-9-1-2-11-13(7-9)15-12(4-6-22-19(15)26)17-16(11)23-18(24-17)14-8-10(25)3-5-21-14/h1-8H,(H,21,25)(H,22,26)(H,23,24). The molecular weight excluding hydrogens is 335 g/mol. The summed E-state index contributed by atoms with van der Waals surface area (Å²) in [4.78, 5) is 37.4. The zero-order valence-electron chi connectivity index (χ0n) is 13.3. The molecule has 7 heteroatoms. The number of halogens is 1. The third-order valence-electron chi connectivity index (χ3n) is 4.47. The minimum atomic E-state index is -0.423. The number of imidazole rings is 1. The Labute approximate surface area is 144 Å². The highest BCUT2D eigenvalue weighted by Gasteiger charge is 2.16. The van der Waals surface area contributed by atoms with Crippen molar-refractivity contribution < 1.29 is 4.39 Å². The van der Waals surface area contributed by atoms with E-state index in [9.17, 15) is 14.0 Å². The molecule has 3 N–H and O–H groups in total. The van der Waals surface area contributed by atoms with Crippen LogP contribution in [0.4, 0.5) is 4.39 Å². The van der Waals surface area contributed by atoms with Crippen LogP contribution in [0.25, 0.3) is 44.1 Å². The van der Waals surface area contributed by atoms with Crippen molar-refractivity contribution in [2.75, 3.05) is 0 Å². The van der Waals surface area contributed by atoms with E-state index < -0.39 is 5.82 Å². The summed E-state index contributed by atoms with van der Waals surface area (Å²) in [7, 11) is 0. The second kappa shape index (κ2) is 5.13. The molecule has 5 aromatic rings. The van der Waals surface area contributed by atoms with Crippen LogP contribution >= 0.6 is 0 Å². The SMILES string of the molecule is O=c1cc[nH]c(-c2nc3c4cc[nH]c(=O)c4c4cc(F)ccc4c3[nH]2)c1. The van der Waals surface area contributed by atoms with Crippen LogP contribution in [0, 0.1) is 5.82 Å². The van der Waals surface area contributed by atoms with E-state index in [1.54, 1.807) is 18.3 Å². The molecule has 0 amide bonds. The minimum Gasteiger partial charge on any atom is -0.358 e. The van der Waals surface area contributed by atoms with Gasteiger partial charge >= 0.3 is 0 Å². The second-order valence-electron chi connectivity index (χ2n) is 6.03. The van der Waals surface area contributed by atoms with Crippen LogP contribution in [0.3, 0.4) is 0 Å². The van der Waals surface area contributed by atoms with Gasteiger partial charge in [0.05, 0.1) is 22.1 Å². The second-order valence-corrected chi connectivity index (χ2v) is 6.03. The lowest BCUT2D eigenvalue weighted by Crippen LogP contribution is -2.05. The molecule has 0 saturated heterocycles. The first-order valence-corrected chi connectivity index (χ1v) is 7.93. The van der Waals surface area contributed by atoms with E-state index in [1.807, 2.05) is 0 Å². The molecule has 0 saturated carbocycles. The van der Waals surface area contributed by atoms with Gasteiger partial charge in [0.15, 0.2) is 11.3 Å². The van der Waals surface area contributed by atoms with Crippen molar-refractivity contribution in [2.24, 2.45) is 0 Å². The van der Waals surface area contributed by atoms with E-state index in [1.165, 1.54) is 30.5 Å². The van der Waals surface area contributed by atoms with Crippen LogP contribution in [-0.2, 0) is 0 Å². The number of aromatic amines is 3. The highest BCUT2D eigenvalue weighted by Crippen LogP contribution is 2.33. The van der Waals surface area contributed by atoms with Crippen molar-refractivity contribution in [3.8, 4) is 11.5 Å². The molecule has 5 rings (SSSR count). The Kier molecular flexibility index (Phi) is 2.88. The van der Waals surface area contributed by atoms with Gasteiger partial charge in [-0.3, -0.25) is 9.59 Å². The molecule has 3 heterocycles. The Balaban J connectivity index is 2.01. The van der Waals surface area contributed by atoms with Crippen molar-refractivity contribution in [3.63, 3.8) is 0 Å². The van der Waals surface area contributed by atoms with Gasteiger partial charge in [-0.2, -0.15) is 0 Å². The smallest absolute Gasteiger partial charge is 0.256 e. The van der Waals surface area contributed by atoms with E-state index >= 15 is 0 Å². The summed E-state index contributed by atoms with van der Waals surface area (Å²) in [5.74, 6) is 0.0460. The van der Waals surface area contributed by atoms with E-state index in [4.69, 9.17) is 0 Å². The number of nitrogens with zero attached hydrogens (tertiary/aromatic N) is 1. The maximum absolute atomic E-state index is 13.8. The quantitative estimate of drug-likeness (QED) is 0.407. The van der Waals surface area contributed by atoms with Gasteiger partial charge < -0.3 is 15.0 Å². The Hall–Kier alpha value is -3.74. The Bertz CT molecular complexity index is 1450. The number of benzene rings is 2. The van der Waals surface area contributed by atoms with Crippen LogP contribution in [0.2, 0.25) is 0 Å². The number of hydrogen-bond acceptors (Lipinski definition) is 3. The Morgan fingerprint density at radius 2 is 1.73 bits per heavy atom. The van der Waals surface area contributed by atoms with E-state index in [-0.39, 0.29) is 11.0 Å². The molecule has 26 heavy (non-hydrogen) atoms. The fraction of sp³-hybridized carbons (Fsp3) is 0. The minimum absolute atomic E-state index is 0.146. The molecule has 0 spiro atoms. The molecular formula is C19H11FN4O2. The summed E-state index contributed by atoms with van der Waals surface area (Å²) >= 11 is 0. The predicted octanol–water partition coefficient (Wildman–Crippen LogP) is 3.05. The molecule has 0 aliphatic heterocycles. The summed E-state index contributed by atoms with van der Waals surface area (Å²) in [5.41, 5.74) is 1.34. The van der Waals surface area contributed by atoms with Gasteiger partial charge in [0, 0.05) is 40.7 Å². The first-order valence-electron chi connectivity index (χ1n) is 7.93. The summed E-state index contributed by atoms with van der Waals surface area (Å²) in [6, 6.07) is 8.90. The van der Waals surface area contributed by atoms with Crippen molar-refractivity contribution >= 4 is 32.6 Å². The van der Waals surface area contributed by atoms with Crippen molar-refractivity contribution in [2.45, 2.75) is 0 Å². The van der Waals surface area contributed by atoms with Crippen LogP contribution < -0.4 is 11.0 Å². The van der Waals surface area contributed by atoms with Crippen LogP contribution in [0.15, 0.2) is 58.4 Å². The van der Waals surface area contributed by atoms with Crippen molar-refractivity contribution in [3.05, 3.63) is 75.2 Å². The van der Waals surface area contributed by atoms with E-state index in [2.05, 4.69) is 19.9 Å². The zero-order valence-corrected chi connectivity index (χ0v) is 13.3. The normalized spacial score (nSPS) is 11.6. The number of aromatic nitrogens is 4. The number of rotatable bonds is 1. The van der Waals surface area contributed by atoms with Crippen molar-refractivity contribution in [1.82, 2.24) is 19.9 Å². The predicted molar refractivity (Wildman–Crippen MR) is 97.7 cm³/mol. The summed E-state index contributed by atoms with van der Waals surface area (Å²) in [5, 5.41) is 2.19. The number of H-pyrrole nitrogens is 3. The average Bonchev–Trinajstić information content (AvgIpc) is 3.07. The summed E-state index contributed by atoms with van der Waals surface area (Å²) in [6.07, 6.45) is 3.08. The molecule has 126 valence electrons. The molecule has 0 radical (unpaired) electrons. The Morgan fingerprint density at radius 3 is 2.58 bits per heavy atom. The van der Waals surface area contributed by atoms with Gasteiger partial charge in [-0.05, 0) is 24.3 Å². The molecule has 6 nitrogen and oxygen atoms in total. The highest BCUT2D eigenvalue weighted by atomic mass is 19.1. The van der Waals surface area contributed by atoms with Gasteiger partial charge in [-0.15, -0.1) is 0 Å². The average molecular weight is 346 g/mol. The molecule has 0 aliphatic rings. The molecule has 2 aromatic carbocycles. The van der Waals surface area contributed by atoms with Gasteiger partial charge in [0.2, 0.25) is 0 Å². The van der Waals surface area contributed by atoms with Crippen LogP contribution in [0.5, 0.6) is 0 Å². The third-order valence-corrected chi connectivity index (χ3v) is 4.47. The van der Waals surface area contributed by atoms with E-state index in [0.717, 1.165) is 0 Å². The Morgan fingerprint density at radius 1 is 0.885 bits per heavy atom. The lowest BCUT2D eigenvalue weighted by atomic mass is 10.0. The lowest BCUT2D eigenvalue weighted by molar-refractivity contribution is 0.630. The fourth-order valence-electron chi connectivity index (χ4n) is 3.36. The number of hydrogen-bond donors (Lipinski definition) is 3. The van der Waals surface area contributed by atoms with Gasteiger partial charge in [-0.1, -0.05) is 0 Å². The molecule has 0 unspecified atom stereocenters. The highest BCUT2D eigenvalue weighted by molar-refractivity contribution is 6.23. The zero-order chi connectivity index (χ0) is 17.8. The maximum Gasteiger partial charge on any atom is 0.256 e. The first-order chi connectivity index (χ1) is 12.6. The van der Waals surface area contributed by atoms with Gasteiger partial charge in [0.1, 0.15) is 5.82 Å². The topological polar surface area (TPSA) is 94.4 Å². The summed E-state index contributed by atoms with van der Waals surface area (Å²) < 4.78 is 13.8. The van der Waals surface area contributed by atoms with Gasteiger partial charge in [-0.25, -0.2) is 9.37 Å². The molecule has 0 aliphatic carbocycles. The van der Waals surface area contributed by atoms with Crippen LogP contribution in [-0.4, -0.2) is 19.9 Å². The molecule has 0 fully saturated rings. The lowest BCUT2D eigenvalue weighted by Gasteiger charge is -2.05.